The summed E-state index contributed by atoms with van der Waals surface area (Å²) < 4.78 is 1.83. The summed E-state index contributed by atoms with van der Waals surface area (Å²) in [7, 11) is 0. The Morgan fingerprint density at radius 1 is 1.33 bits per heavy atom. The molecule has 0 amide bonds. The van der Waals surface area contributed by atoms with Crippen LogP contribution in [0.2, 0.25) is 0 Å². The van der Waals surface area contributed by atoms with E-state index in [2.05, 4.69) is 29.1 Å². The third-order valence-electron chi connectivity index (χ3n) is 2.23. The Morgan fingerprint density at radius 3 is 2.73 bits per heavy atom. The number of aromatic nitrogens is 4. The van der Waals surface area contributed by atoms with Gasteiger partial charge in [0.05, 0.1) is 23.3 Å². The van der Waals surface area contributed by atoms with Gasteiger partial charge in [-0.2, -0.15) is 15.3 Å². The Balaban J connectivity index is 2.37. The van der Waals surface area contributed by atoms with Crippen LogP contribution in [0, 0.1) is 6.92 Å². The first-order chi connectivity index (χ1) is 7.16. The predicted molar refractivity (Wildman–Crippen MR) is 58.0 cm³/mol. The molecule has 0 aliphatic rings. The maximum Gasteiger partial charge on any atom is 0.0865 e. The summed E-state index contributed by atoms with van der Waals surface area (Å²) in [4.78, 5) is 0. The van der Waals surface area contributed by atoms with Gasteiger partial charge in [0, 0.05) is 6.20 Å². The molecule has 0 aromatic carbocycles. The van der Waals surface area contributed by atoms with Crippen LogP contribution >= 0.6 is 0 Å². The summed E-state index contributed by atoms with van der Waals surface area (Å²) in [6.45, 7) is 6.18. The second-order valence-corrected chi connectivity index (χ2v) is 3.90. The minimum absolute atomic E-state index is 0.446. The zero-order valence-electron chi connectivity index (χ0n) is 9.18. The quantitative estimate of drug-likeness (QED) is 0.749. The van der Waals surface area contributed by atoms with Crippen molar-refractivity contribution < 1.29 is 0 Å². The summed E-state index contributed by atoms with van der Waals surface area (Å²) >= 11 is 0. The summed E-state index contributed by atoms with van der Waals surface area (Å²) in [5, 5.41) is 12.3. The van der Waals surface area contributed by atoms with Crippen molar-refractivity contribution in [2.45, 2.75) is 26.7 Å². The Morgan fingerprint density at radius 2 is 2.13 bits per heavy atom. The fourth-order valence-electron chi connectivity index (χ4n) is 1.37. The molecule has 0 fully saturated rings. The molecule has 0 unspecified atom stereocenters. The molecule has 0 aliphatic carbocycles. The minimum atomic E-state index is 0.446. The lowest BCUT2D eigenvalue weighted by atomic mass is 10.1. The van der Waals surface area contributed by atoms with E-state index >= 15 is 0 Å². The maximum absolute atomic E-state index is 4.47. The van der Waals surface area contributed by atoms with E-state index in [9.17, 15) is 0 Å². The van der Waals surface area contributed by atoms with E-state index in [1.807, 2.05) is 29.9 Å². The smallest absolute Gasteiger partial charge is 0.0865 e. The van der Waals surface area contributed by atoms with Crippen LogP contribution in [0.15, 0.2) is 24.5 Å². The van der Waals surface area contributed by atoms with Gasteiger partial charge in [-0.1, -0.05) is 13.8 Å². The SMILES string of the molecule is Cc1cc(-n2ccc(C(C)C)n2)cnn1. The van der Waals surface area contributed by atoms with E-state index in [-0.39, 0.29) is 0 Å². The van der Waals surface area contributed by atoms with Crippen LogP contribution in [-0.4, -0.2) is 20.0 Å². The molecular weight excluding hydrogens is 188 g/mol. The van der Waals surface area contributed by atoms with Crippen LogP contribution in [-0.2, 0) is 0 Å². The average molecular weight is 202 g/mol. The van der Waals surface area contributed by atoms with E-state index in [4.69, 9.17) is 0 Å². The molecule has 2 aromatic heterocycles. The first kappa shape index (κ1) is 9.83. The molecule has 0 saturated carbocycles. The molecular formula is C11H14N4. The van der Waals surface area contributed by atoms with E-state index in [0.717, 1.165) is 17.1 Å². The summed E-state index contributed by atoms with van der Waals surface area (Å²) in [5.74, 6) is 0.446. The van der Waals surface area contributed by atoms with Gasteiger partial charge in [0.2, 0.25) is 0 Å². The minimum Gasteiger partial charge on any atom is -0.239 e. The van der Waals surface area contributed by atoms with E-state index in [0.29, 0.717) is 5.92 Å². The Kier molecular flexibility index (Phi) is 2.49. The second kappa shape index (κ2) is 3.81. The zero-order valence-corrected chi connectivity index (χ0v) is 9.18. The third kappa shape index (κ3) is 2.03. The van der Waals surface area contributed by atoms with Gasteiger partial charge >= 0.3 is 0 Å². The summed E-state index contributed by atoms with van der Waals surface area (Å²) in [5.41, 5.74) is 2.94. The van der Waals surface area contributed by atoms with Gasteiger partial charge in [0.1, 0.15) is 0 Å². The number of rotatable bonds is 2. The van der Waals surface area contributed by atoms with Crippen LogP contribution in [0.1, 0.15) is 31.2 Å². The van der Waals surface area contributed by atoms with Gasteiger partial charge in [0.15, 0.2) is 0 Å². The lowest BCUT2D eigenvalue weighted by molar-refractivity contribution is 0.762. The van der Waals surface area contributed by atoms with Crippen LogP contribution in [0.5, 0.6) is 0 Å². The number of nitrogens with zero attached hydrogens (tertiary/aromatic N) is 4. The predicted octanol–water partition coefficient (Wildman–Crippen LogP) is 2.09. The summed E-state index contributed by atoms with van der Waals surface area (Å²) in [6.07, 6.45) is 3.66. The molecule has 0 aliphatic heterocycles. The molecule has 78 valence electrons. The molecule has 0 saturated heterocycles. The van der Waals surface area contributed by atoms with Crippen molar-refractivity contribution in [3.05, 3.63) is 35.9 Å². The van der Waals surface area contributed by atoms with Gasteiger partial charge in [-0.15, -0.1) is 0 Å². The van der Waals surface area contributed by atoms with E-state index in [1.165, 1.54) is 0 Å². The fourth-order valence-corrected chi connectivity index (χ4v) is 1.37. The van der Waals surface area contributed by atoms with Crippen molar-refractivity contribution in [2.75, 3.05) is 0 Å². The topological polar surface area (TPSA) is 43.6 Å². The standard InChI is InChI=1S/C11H14N4/c1-8(2)11-4-5-15(14-11)10-6-9(3)13-12-7-10/h4-8H,1-3H3. The molecule has 0 N–H and O–H groups in total. The van der Waals surface area contributed by atoms with E-state index in [1.54, 1.807) is 6.20 Å². The Hall–Kier alpha value is -1.71. The van der Waals surface area contributed by atoms with Gasteiger partial charge in [-0.05, 0) is 25.0 Å². The molecule has 2 rings (SSSR count). The van der Waals surface area contributed by atoms with Crippen molar-refractivity contribution >= 4 is 0 Å². The van der Waals surface area contributed by atoms with Crippen molar-refractivity contribution in [3.63, 3.8) is 0 Å². The van der Waals surface area contributed by atoms with Gasteiger partial charge in [-0.3, -0.25) is 0 Å². The average Bonchev–Trinajstić information content (AvgIpc) is 2.66. The van der Waals surface area contributed by atoms with Gasteiger partial charge < -0.3 is 0 Å². The molecule has 4 heteroatoms. The highest BCUT2D eigenvalue weighted by Gasteiger charge is 2.04. The third-order valence-corrected chi connectivity index (χ3v) is 2.23. The highest BCUT2D eigenvalue weighted by molar-refractivity contribution is 5.28. The molecule has 15 heavy (non-hydrogen) atoms. The molecule has 0 radical (unpaired) electrons. The Bertz CT molecular complexity index is 459. The van der Waals surface area contributed by atoms with Crippen molar-refractivity contribution in [2.24, 2.45) is 0 Å². The number of aryl methyl sites for hydroxylation is 1. The number of hydrogen-bond acceptors (Lipinski definition) is 3. The first-order valence-electron chi connectivity index (χ1n) is 5.02. The highest BCUT2D eigenvalue weighted by atomic mass is 15.3. The molecule has 4 nitrogen and oxygen atoms in total. The van der Waals surface area contributed by atoms with Crippen LogP contribution in [0.4, 0.5) is 0 Å². The Labute approximate surface area is 89.0 Å². The maximum atomic E-state index is 4.47. The molecule has 0 atom stereocenters. The first-order valence-corrected chi connectivity index (χ1v) is 5.02. The van der Waals surface area contributed by atoms with Crippen LogP contribution < -0.4 is 0 Å². The number of hydrogen-bond donors (Lipinski definition) is 0. The van der Waals surface area contributed by atoms with E-state index < -0.39 is 0 Å². The van der Waals surface area contributed by atoms with Gasteiger partial charge in [0.25, 0.3) is 0 Å². The van der Waals surface area contributed by atoms with Crippen molar-refractivity contribution in [1.82, 2.24) is 20.0 Å². The van der Waals surface area contributed by atoms with Crippen molar-refractivity contribution in [3.8, 4) is 5.69 Å². The van der Waals surface area contributed by atoms with Crippen LogP contribution in [0.25, 0.3) is 5.69 Å². The largest absolute Gasteiger partial charge is 0.239 e. The summed E-state index contributed by atoms with van der Waals surface area (Å²) in [6, 6.07) is 3.99. The lowest BCUT2D eigenvalue weighted by Crippen LogP contribution is -1.99. The van der Waals surface area contributed by atoms with Crippen LogP contribution in [0.3, 0.4) is 0 Å². The molecule has 0 spiro atoms. The fraction of sp³-hybridized carbons (Fsp3) is 0.364. The lowest BCUT2D eigenvalue weighted by Gasteiger charge is -2.01. The van der Waals surface area contributed by atoms with Gasteiger partial charge in [-0.25, -0.2) is 4.68 Å². The van der Waals surface area contributed by atoms with Crippen molar-refractivity contribution in [1.29, 1.82) is 0 Å². The normalized spacial score (nSPS) is 10.9. The highest BCUT2D eigenvalue weighted by Crippen LogP contribution is 2.13. The molecule has 0 bridgehead atoms. The zero-order chi connectivity index (χ0) is 10.8. The molecule has 2 heterocycles. The monoisotopic (exact) mass is 202 g/mol. The second-order valence-electron chi connectivity index (χ2n) is 3.90. The molecule has 2 aromatic rings.